The number of thiophene rings is 1. The smallest absolute Gasteiger partial charge is 0.322 e. The number of hydrogen-bond donors (Lipinski definition) is 1. The summed E-state index contributed by atoms with van der Waals surface area (Å²) in [5.74, 6) is -0.111. The normalized spacial score (nSPS) is 10.6. The number of urea groups is 1. The van der Waals surface area contributed by atoms with E-state index in [9.17, 15) is 9.59 Å². The zero-order valence-electron chi connectivity index (χ0n) is 19.4. The zero-order chi connectivity index (χ0) is 23.6. The quantitative estimate of drug-likeness (QED) is 0.455. The largest absolute Gasteiger partial charge is 0.383 e. The van der Waals surface area contributed by atoms with Gasteiger partial charge in [0.05, 0.1) is 13.2 Å². The summed E-state index contributed by atoms with van der Waals surface area (Å²) in [6.45, 7) is 5.66. The lowest BCUT2D eigenvalue weighted by Crippen LogP contribution is -2.45. The van der Waals surface area contributed by atoms with Crippen LogP contribution in [0.15, 0.2) is 66.7 Å². The Kier molecular flexibility index (Phi) is 9.04. The van der Waals surface area contributed by atoms with Gasteiger partial charge in [-0.3, -0.25) is 4.79 Å². The number of anilines is 1. The van der Waals surface area contributed by atoms with Crippen LogP contribution in [0, 0.1) is 13.8 Å². The summed E-state index contributed by atoms with van der Waals surface area (Å²) in [6, 6.07) is 21.3. The van der Waals surface area contributed by atoms with Gasteiger partial charge in [0.2, 0.25) is 5.91 Å². The highest BCUT2D eigenvalue weighted by Gasteiger charge is 2.22. The molecule has 6 nitrogen and oxygen atoms in total. The van der Waals surface area contributed by atoms with Crippen molar-refractivity contribution in [3.05, 3.63) is 87.6 Å². The first-order chi connectivity index (χ1) is 15.9. The van der Waals surface area contributed by atoms with E-state index < -0.39 is 0 Å². The molecule has 0 fully saturated rings. The van der Waals surface area contributed by atoms with Crippen molar-refractivity contribution < 1.29 is 14.3 Å². The first-order valence-electron chi connectivity index (χ1n) is 10.9. The van der Waals surface area contributed by atoms with Crippen molar-refractivity contribution in [1.29, 1.82) is 0 Å². The average molecular weight is 466 g/mol. The Labute approximate surface area is 199 Å². The Bertz CT molecular complexity index is 1030. The lowest BCUT2D eigenvalue weighted by atomic mass is 10.2. The van der Waals surface area contributed by atoms with E-state index >= 15 is 0 Å². The van der Waals surface area contributed by atoms with Crippen molar-refractivity contribution in [3.8, 4) is 0 Å². The monoisotopic (exact) mass is 465 g/mol. The lowest BCUT2D eigenvalue weighted by Gasteiger charge is -2.27. The number of hydrogen-bond acceptors (Lipinski definition) is 4. The standard InChI is InChI=1S/C26H31N3O3S/c1-20-9-12-23(13-10-20)27-26(31)28(15-16-32-3)19-25(30)29(17-22-7-5-4-6-8-22)18-24-14-11-21(2)33-24/h4-14H,15-19H2,1-3H3,(H,27,31). The molecule has 0 saturated carbocycles. The second-order valence-corrected chi connectivity index (χ2v) is 9.33. The van der Waals surface area contributed by atoms with Crippen LogP contribution in [0.5, 0.6) is 0 Å². The van der Waals surface area contributed by atoms with E-state index in [1.165, 1.54) is 9.78 Å². The zero-order valence-corrected chi connectivity index (χ0v) is 20.2. The molecule has 0 atom stereocenters. The van der Waals surface area contributed by atoms with Gasteiger partial charge in [-0.2, -0.15) is 0 Å². The molecule has 0 bridgehead atoms. The van der Waals surface area contributed by atoms with Crippen LogP contribution in [0.4, 0.5) is 10.5 Å². The summed E-state index contributed by atoms with van der Waals surface area (Å²) < 4.78 is 5.18. The molecule has 3 amide bonds. The maximum absolute atomic E-state index is 13.4. The summed E-state index contributed by atoms with van der Waals surface area (Å²) in [6.07, 6.45) is 0. The molecule has 7 heteroatoms. The maximum atomic E-state index is 13.4. The number of rotatable bonds is 10. The summed E-state index contributed by atoms with van der Waals surface area (Å²) >= 11 is 1.68. The van der Waals surface area contributed by atoms with Gasteiger partial charge in [-0.05, 0) is 43.7 Å². The predicted octanol–water partition coefficient (Wildman–Crippen LogP) is 5.07. The lowest BCUT2D eigenvalue weighted by molar-refractivity contribution is -0.133. The molecule has 1 N–H and O–H groups in total. The molecule has 174 valence electrons. The number of nitrogens with one attached hydrogen (secondary N) is 1. The van der Waals surface area contributed by atoms with E-state index in [0.717, 1.165) is 16.0 Å². The van der Waals surface area contributed by atoms with Crippen molar-refractivity contribution in [2.75, 3.05) is 32.1 Å². The number of nitrogens with zero attached hydrogens (tertiary/aromatic N) is 2. The van der Waals surface area contributed by atoms with Crippen molar-refractivity contribution in [2.24, 2.45) is 0 Å². The third kappa shape index (κ3) is 7.73. The second-order valence-electron chi connectivity index (χ2n) is 7.96. The van der Waals surface area contributed by atoms with E-state index in [2.05, 4.69) is 24.4 Å². The molecule has 33 heavy (non-hydrogen) atoms. The third-order valence-electron chi connectivity index (χ3n) is 5.19. The molecule has 0 unspecified atom stereocenters. The summed E-state index contributed by atoms with van der Waals surface area (Å²) in [4.78, 5) is 32.0. The highest BCUT2D eigenvalue weighted by Crippen LogP contribution is 2.19. The summed E-state index contributed by atoms with van der Waals surface area (Å²) in [7, 11) is 1.58. The fraction of sp³-hybridized carbons (Fsp3) is 0.308. The second kappa shape index (κ2) is 12.2. The molecule has 3 aromatic rings. The number of ether oxygens (including phenoxy) is 1. The number of carbonyl (C=O) groups excluding carboxylic acids is 2. The van der Waals surface area contributed by atoms with E-state index in [4.69, 9.17) is 4.74 Å². The fourth-order valence-electron chi connectivity index (χ4n) is 3.35. The number of amides is 3. The number of methoxy groups -OCH3 is 1. The first kappa shape index (κ1) is 24.5. The third-order valence-corrected chi connectivity index (χ3v) is 6.18. The Balaban J connectivity index is 1.74. The fourth-order valence-corrected chi connectivity index (χ4v) is 4.26. The minimum Gasteiger partial charge on any atom is -0.383 e. The number of carbonyl (C=O) groups is 2. The molecule has 3 rings (SSSR count). The van der Waals surface area contributed by atoms with E-state index in [1.54, 1.807) is 23.3 Å². The van der Waals surface area contributed by atoms with Gasteiger partial charge in [0.25, 0.3) is 0 Å². The van der Waals surface area contributed by atoms with Crippen molar-refractivity contribution in [1.82, 2.24) is 9.80 Å². The van der Waals surface area contributed by atoms with Crippen LogP contribution < -0.4 is 5.32 Å². The number of aryl methyl sites for hydroxylation is 2. The van der Waals surface area contributed by atoms with Crippen LogP contribution in [-0.4, -0.2) is 48.5 Å². The van der Waals surface area contributed by atoms with Gasteiger partial charge in [-0.25, -0.2) is 4.79 Å². The van der Waals surface area contributed by atoms with Gasteiger partial charge in [-0.15, -0.1) is 11.3 Å². The Morgan fingerprint density at radius 2 is 1.64 bits per heavy atom. The first-order valence-corrected chi connectivity index (χ1v) is 11.7. The maximum Gasteiger partial charge on any atom is 0.322 e. The molecule has 0 spiro atoms. The molecule has 0 aliphatic heterocycles. The van der Waals surface area contributed by atoms with Crippen LogP contribution in [-0.2, 0) is 22.6 Å². The van der Waals surface area contributed by atoms with Crippen LogP contribution in [0.3, 0.4) is 0 Å². The highest BCUT2D eigenvalue weighted by molar-refractivity contribution is 7.11. The predicted molar refractivity (Wildman–Crippen MR) is 133 cm³/mol. The SMILES string of the molecule is COCCN(CC(=O)N(Cc1ccccc1)Cc1ccc(C)s1)C(=O)Nc1ccc(C)cc1. The van der Waals surface area contributed by atoms with Crippen molar-refractivity contribution >= 4 is 29.0 Å². The molecule has 0 aliphatic carbocycles. The average Bonchev–Trinajstić information content (AvgIpc) is 3.22. The number of benzene rings is 2. The van der Waals surface area contributed by atoms with Gasteiger partial charge in [0, 0.05) is 35.6 Å². The van der Waals surface area contributed by atoms with Gasteiger partial charge in [-0.1, -0.05) is 48.0 Å². The van der Waals surface area contributed by atoms with Gasteiger partial charge >= 0.3 is 6.03 Å². The topological polar surface area (TPSA) is 61.9 Å². The summed E-state index contributed by atoms with van der Waals surface area (Å²) in [5.41, 5.74) is 2.85. The molecule has 1 heterocycles. The molecule has 0 saturated heterocycles. The molecule has 0 aliphatic rings. The van der Waals surface area contributed by atoms with Crippen LogP contribution >= 0.6 is 11.3 Å². The molecule has 1 aromatic heterocycles. The van der Waals surface area contributed by atoms with Gasteiger partial charge < -0.3 is 19.9 Å². The van der Waals surface area contributed by atoms with E-state index in [0.29, 0.717) is 31.9 Å². The van der Waals surface area contributed by atoms with Crippen LogP contribution in [0.25, 0.3) is 0 Å². The molecule has 0 radical (unpaired) electrons. The molecule has 2 aromatic carbocycles. The van der Waals surface area contributed by atoms with E-state index in [1.807, 2.05) is 61.5 Å². The van der Waals surface area contributed by atoms with Crippen LogP contribution in [0.2, 0.25) is 0 Å². The highest BCUT2D eigenvalue weighted by atomic mass is 32.1. The summed E-state index contributed by atoms with van der Waals surface area (Å²) in [5, 5.41) is 2.89. The van der Waals surface area contributed by atoms with E-state index in [-0.39, 0.29) is 18.5 Å². The molecular formula is C26H31N3O3S. The Morgan fingerprint density at radius 1 is 0.909 bits per heavy atom. The minimum atomic E-state index is -0.323. The van der Waals surface area contributed by atoms with Crippen LogP contribution in [0.1, 0.15) is 20.9 Å². The Hall–Kier alpha value is -3.16. The molecular weight excluding hydrogens is 434 g/mol. The van der Waals surface area contributed by atoms with Gasteiger partial charge in [0.1, 0.15) is 6.54 Å². The Morgan fingerprint density at radius 3 is 2.27 bits per heavy atom. The van der Waals surface area contributed by atoms with Gasteiger partial charge in [0.15, 0.2) is 0 Å². The minimum absolute atomic E-state index is 0.0295. The van der Waals surface area contributed by atoms with Crippen molar-refractivity contribution in [2.45, 2.75) is 26.9 Å². The van der Waals surface area contributed by atoms with Crippen molar-refractivity contribution in [3.63, 3.8) is 0 Å².